The van der Waals surface area contributed by atoms with E-state index in [2.05, 4.69) is 10.3 Å². The summed E-state index contributed by atoms with van der Waals surface area (Å²) in [5.74, 6) is -4.09. The van der Waals surface area contributed by atoms with Crippen molar-refractivity contribution in [3.05, 3.63) is 71.1 Å². The summed E-state index contributed by atoms with van der Waals surface area (Å²) in [6.45, 7) is 7.62. The number of nitrogens with one attached hydrogen (secondary N) is 2. The van der Waals surface area contributed by atoms with Crippen LogP contribution in [-0.4, -0.2) is 46.0 Å². The lowest BCUT2D eigenvalue weighted by atomic mass is 9.71. The van der Waals surface area contributed by atoms with E-state index >= 15 is 0 Å². The van der Waals surface area contributed by atoms with Gasteiger partial charge in [-0.1, -0.05) is 27.7 Å². The van der Waals surface area contributed by atoms with Gasteiger partial charge in [0.15, 0.2) is 11.6 Å². The van der Waals surface area contributed by atoms with E-state index in [1.165, 1.54) is 24.2 Å². The Morgan fingerprint density at radius 1 is 1.11 bits per heavy atom. The van der Waals surface area contributed by atoms with E-state index in [4.69, 9.17) is 4.74 Å². The van der Waals surface area contributed by atoms with Crippen molar-refractivity contribution < 1.29 is 33.0 Å². The van der Waals surface area contributed by atoms with Gasteiger partial charge in [0.2, 0.25) is 0 Å². The highest BCUT2D eigenvalue weighted by atomic mass is 19.2. The van der Waals surface area contributed by atoms with Crippen LogP contribution in [0.15, 0.2) is 42.6 Å². The number of halogens is 2. The molecule has 2 heterocycles. The average Bonchev–Trinajstić information content (AvgIpc) is 3.16. The monoisotopic (exact) mass is 511 g/mol. The van der Waals surface area contributed by atoms with Gasteiger partial charge in [0.05, 0.1) is 11.3 Å². The molecule has 2 amide bonds. The Kier molecular flexibility index (Phi) is 6.53. The number of carboxylic acid groups (broad SMARTS) is 1. The number of aromatic amines is 1. The lowest BCUT2D eigenvalue weighted by Crippen LogP contribution is -2.50. The van der Waals surface area contributed by atoms with Crippen LogP contribution >= 0.6 is 0 Å². The zero-order valence-electron chi connectivity index (χ0n) is 21.0. The highest BCUT2D eigenvalue weighted by molar-refractivity contribution is 6.17. The van der Waals surface area contributed by atoms with Crippen molar-refractivity contribution in [2.75, 3.05) is 7.05 Å². The van der Waals surface area contributed by atoms with Crippen LogP contribution in [0.25, 0.3) is 16.5 Å². The van der Waals surface area contributed by atoms with Gasteiger partial charge in [-0.05, 0) is 41.8 Å². The Morgan fingerprint density at radius 3 is 2.41 bits per heavy atom. The number of benzene rings is 2. The maximum absolute atomic E-state index is 14.0. The minimum absolute atomic E-state index is 0.104. The van der Waals surface area contributed by atoms with Gasteiger partial charge in [-0.15, -0.1) is 0 Å². The lowest BCUT2D eigenvalue weighted by Gasteiger charge is -2.42. The minimum Gasteiger partial charge on any atom is -0.478 e. The molecular weight excluding hydrogens is 484 g/mol. The number of carbonyl (C=O) groups excluding carboxylic acids is 2. The molecule has 0 saturated carbocycles. The van der Waals surface area contributed by atoms with E-state index in [0.29, 0.717) is 22.2 Å². The molecule has 1 aliphatic heterocycles. The molecule has 1 atom stereocenters. The summed E-state index contributed by atoms with van der Waals surface area (Å²) >= 11 is 0. The van der Waals surface area contributed by atoms with Gasteiger partial charge in [0.25, 0.3) is 5.91 Å². The maximum Gasteiger partial charge on any atom is 0.412 e. The fourth-order valence-corrected chi connectivity index (χ4v) is 5.33. The summed E-state index contributed by atoms with van der Waals surface area (Å²) in [7, 11) is 1.43. The summed E-state index contributed by atoms with van der Waals surface area (Å²) in [5, 5.41) is 13.2. The van der Waals surface area contributed by atoms with Crippen molar-refractivity contribution in [2.45, 2.75) is 39.2 Å². The maximum atomic E-state index is 14.0. The molecule has 3 aromatic rings. The van der Waals surface area contributed by atoms with Crippen molar-refractivity contribution in [3.63, 3.8) is 0 Å². The normalized spacial score (nSPS) is 16.7. The second-order valence-corrected chi connectivity index (χ2v) is 9.82. The van der Waals surface area contributed by atoms with E-state index in [1.807, 2.05) is 27.7 Å². The third-order valence-electron chi connectivity index (χ3n) is 6.67. The van der Waals surface area contributed by atoms with Crippen molar-refractivity contribution in [1.82, 2.24) is 15.2 Å². The second kappa shape index (κ2) is 9.34. The van der Waals surface area contributed by atoms with Gasteiger partial charge in [-0.25, -0.2) is 18.4 Å². The van der Waals surface area contributed by atoms with Crippen LogP contribution in [0.2, 0.25) is 0 Å². The van der Waals surface area contributed by atoms with Crippen LogP contribution in [0.4, 0.5) is 13.6 Å². The highest BCUT2D eigenvalue weighted by Gasteiger charge is 2.45. The number of rotatable bonds is 4. The minimum atomic E-state index is -1.28. The molecule has 0 aliphatic carbocycles. The molecule has 0 saturated heterocycles. The molecule has 1 aromatic heterocycles. The predicted octanol–water partition coefficient (Wildman–Crippen LogP) is 5.05. The van der Waals surface area contributed by atoms with Crippen molar-refractivity contribution in [1.29, 1.82) is 0 Å². The number of nitrogens with zero attached hydrogens (tertiary/aromatic N) is 1. The Balaban J connectivity index is 1.95. The third kappa shape index (κ3) is 4.43. The second-order valence-electron chi connectivity index (χ2n) is 9.82. The van der Waals surface area contributed by atoms with Crippen molar-refractivity contribution in [3.8, 4) is 5.75 Å². The number of H-pyrrole nitrogens is 1. The van der Waals surface area contributed by atoms with Crippen LogP contribution < -0.4 is 10.1 Å². The van der Waals surface area contributed by atoms with Gasteiger partial charge in [0.1, 0.15) is 5.75 Å². The summed E-state index contributed by atoms with van der Waals surface area (Å²) in [5.41, 5.74) is 0.430. The SMILES string of the molecule is CNC(=O)Oc1ccc2c3c([nH]c2c1)C(C(=O)O)=CN(C(=O)c1ccc(F)c(F)c1)C(C(C)C)C3(C)C. The van der Waals surface area contributed by atoms with Crippen LogP contribution in [-0.2, 0) is 10.2 Å². The lowest BCUT2D eigenvalue weighted by molar-refractivity contribution is -0.130. The first kappa shape index (κ1) is 25.9. The first-order valence-electron chi connectivity index (χ1n) is 11.7. The zero-order chi connectivity index (χ0) is 27.2. The fraction of sp³-hybridized carbons (Fsp3) is 0.296. The zero-order valence-corrected chi connectivity index (χ0v) is 21.0. The van der Waals surface area contributed by atoms with Gasteiger partial charge < -0.3 is 25.0 Å². The van der Waals surface area contributed by atoms with Gasteiger partial charge in [-0.3, -0.25) is 4.79 Å². The molecule has 0 radical (unpaired) electrons. The van der Waals surface area contributed by atoms with E-state index in [9.17, 15) is 28.3 Å². The standard InChI is InChI=1S/C27H27F2N3O5/c1-13(2)23-27(3,4)21-16-8-7-15(37-26(36)30-5)11-20(16)31-22(21)17(25(34)35)12-32(23)24(33)14-6-9-18(28)19(29)10-14/h6-13,23,31H,1-5H3,(H,30,36)(H,34,35). The number of aromatic nitrogens is 1. The van der Waals surface area contributed by atoms with Crippen LogP contribution in [0.1, 0.15) is 49.3 Å². The molecule has 3 N–H and O–H groups in total. The number of hydrogen-bond acceptors (Lipinski definition) is 4. The smallest absolute Gasteiger partial charge is 0.412 e. The Labute approximate surface area is 211 Å². The van der Waals surface area contributed by atoms with Crippen LogP contribution in [0, 0.1) is 17.6 Å². The molecular formula is C27H27F2N3O5. The van der Waals surface area contributed by atoms with Crippen molar-refractivity contribution >= 4 is 34.4 Å². The number of aliphatic carboxylic acids is 1. The van der Waals surface area contributed by atoms with Crippen LogP contribution in [0.5, 0.6) is 5.75 Å². The number of carbonyl (C=O) groups is 3. The quantitative estimate of drug-likeness (QED) is 0.454. The van der Waals surface area contributed by atoms with Crippen LogP contribution in [0.3, 0.4) is 0 Å². The summed E-state index contributed by atoms with van der Waals surface area (Å²) < 4.78 is 32.7. The number of amides is 2. The average molecular weight is 512 g/mol. The number of hydrogen-bond donors (Lipinski definition) is 3. The molecule has 4 rings (SSSR count). The molecule has 2 aromatic carbocycles. The molecule has 0 spiro atoms. The van der Waals surface area contributed by atoms with E-state index in [1.54, 1.807) is 18.2 Å². The summed E-state index contributed by atoms with van der Waals surface area (Å²) in [6, 6.07) is 7.22. The molecule has 0 bridgehead atoms. The Hall–Kier alpha value is -4.21. The summed E-state index contributed by atoms with van der Waals surface area (Å²) in [6.07, 6.45) is 0.604. The fourth-order valence-electron chi connectivity index (χ4n) is 5.33. The van der Waals surface area contributed by atoms with Gasteiger partial charge in [0, 0.05) is 47.2 Å². The highest BCUT2D eigenvalue weighted by Crippen LogP contribution is 2.46. The molecule has 8 nitrogen and oxygen atoms in total. The molecule has 37 heavy (non-hydrogen) atoms. The van der Waals surface area contributed by atoms with Crippen molar-refractivity contribution in [2.24, 2.45) is 5.92 Å². The number of ether oxygens (including phenoxy) is 1. The first-order chi connectivity index (χ1) is 17.4. The van der Waals surface area contributed by atoms with E-state index in [-0.39, 0.29) is 22.8 Å². The number of fused-ring (bicyclic) bond motifs is 3. The topological polar surface area (TPSA) is 112 Å². The molecule has 10 heteroatoms. The van der Waals surface area contributed by atoms with E-state index < -0.39 is 41.1 Å². The Bertz CT molecular complexity index is 1460. The van der Waals surface area contributed by atoms with Gasteiger partial charge >= 0.3 is 12.1 Å². The largest absolute Gasteiger partial charge is 0.478 e. The Morgan fingerprint density at radius 2 is 1.81 bits per heavy atom. The van der Waals surface area contributed by atoms with E-state index in [0.717, 1.165) is 12.1 Å². The van der Waals surface area contributed by atoms with Gasteiger partial charge in [-0.2, -0.15) is 0 Å². The molecule has 0 fully saturated rings. The third-order valence-corrected chi connectivity index (χ3v) is 6.67. The molecule has 1 unspecified atom stereocenters. The predicted molar refractivity (Wildman–Crippen MR) is 133 cm³/mol. The molecule has 1 aliphatic rings. The number of carboxylic acids is 1. The molecule has 194 valence electrons. The first-order valence-corrected chi connectivity index (χ1v) is 11.7. The summed E-state index contributed by atoms with van der Waals surface area (Å²) in [4.78, 5) is 42.2.